The van der Waals surface area contributed by atoms with Crippen LogP contribution >= 0.6 is 0 Å². The van der Waals surface area contributed by atoms with Crippen molar-refractivity contribution in [3.63, 3.8) is 0 Å². The summed E-state index contributed by atoms with van der Waals surface area (Å²) in [4.78, 5) is 0. The standard InChI is InChI=1S/C15H27NO9/c1-23-5-8-9(12(20)14(22)15(24-2)25-8)16-7-3-6(4-17)10(18)13(21)11(7)19/h3,7-22H,4-5H2,1-2H3. The molecular formula is C15H27NO9. The van der Waals surface area contributed by atoms with Crippen LogP contribution in [-0.2, 0) is 14.2 Å². The van der Waals surface area contributed by atoms with Crippen LogP contribution in [0.3, 0.4) is 0 Å². The van der Waals surface area contributed by atoms with Crippen molar-refractivity contribution in [2.45, 2.75) is 55.0 Å². The largest absolute Gasteiger partial charge is 0.392 e. The van der Waals surface area contributed by atoms with Gasteiger partial charge in [-0.05, 0) is 5.57 Å². The second-order valence-electron chi connectivity index (χ2n) is 6.26. The van der Waals surface area contributed by atoms with E-state index in [0.29, 0.717) is 0 Å². The molecule has 10 nitrogen and oxygen atoms in total. The van der Waals surface area contributed by atoms with E-state index < -0.39 is 61.6 Å². The lowest BCUT2D eigenvalue weighted by atomic mass is 9.86. The molecule has 0 radical (unpaired) electrons. The van der Waals surface area contributed by atoms with Gasteiger partial charge >= 0.3 is 0 Å². The first-order valence-electron chi connectivity index (χ1n) is 8.00. The number of hydrogen-bond acceptors (Lipinski definition) is 10. The van der Waals surface area contributed by atoms with E-state index in [1.807, 2.05) is 0 Å². The van der Waals surface area contributed by atoms with Crippen molar-refractivity contribution in [1.82, 2.24) is 5.32 Å². The number of methoxy groups -OCH3 is 2. The molecule has 0 aromatic heterocycles. The summed E-state index contributed by atoms with van der Waals surface area (Å²) in [5.41, 5.74) is 0.139. The van der Waals surface area contributed by atoms with Gasteiger partial charge in [-0.2, -0.15) is 0 Å². The number of hydrogen-bond donors (Lipinski definition) is 7. The minimum absolute atomic E-state index is 0.0753. The molecule has 1 fully saturated rings. The highest BCUT2D eigenvalue weighted by Gasteiger charge is 2.47. The third-order valence-corrected chi connectivity index (χ3v) is 4.65. The molecule has 0 spiro atoms. The molecule has 146 valence electrons. The zero-order valence-corrected chi connectivity index (χ0v) is 14.1. The van der Waals surface area contributed by atoms with E-state index in [-0.39, 0.29) is 12.2 Å². The van der Waals surface area contributed by atoms with E-state index in [1.54, 1.807) is 0 Å². The van der Waals surface area contributed by atoms with Gasteiger partial charge in [0.1, 0.15) is 36.6 Å². The van der Waals surface area contributed by atoms with Gasteiger partial charge in [0.2, 0.25) is 0 Å². The predicted octanol–water partition coefficient (Wildman–Crippen LogP) is -3.93. The van der Waals surface area contributed by atoms with E-state index in [1.165, 1.54) is 20.3 Å². The summed E-state index contributed by atoms with van der Waals surface area (Å²) in [6, 6.07) is -1.76. The van der Waals surface area contributed by atoms with Crippen molar-refractivity contribution in [2.24, 2.45) is 0 Å². The van der Waals surface area contributed by atoms with Gasteiger partial charge in [0, 0.05) is 14.2 Å². The van der Waals surface area contributed by atoms with Gasteiger partial charge < -0.3 is 50.2 Å². The number of aliphatic hydroxyl groups is 6. The van der Waals surface area contributed by atoms with E-state index in [9.17, 15) is 30.6 Å². The van der Waals surface area contributed by atoms with Gasteiger partial charge in [-0.15, -0.1) is 0 Å². The average molecular weight is 365 g/mol. The minimum atomic E-state index is -1.51. The van der Waals surface area contributed by atoms with Crippen LogP contribution in [0.15, 0.2) is 11.6 Å². The molecule has 0 saturated carbocycles. The molecule has 0 aromatic carbocycles. The molecule has 1 aliphatic carbocycles. The monoisotopic (exact) mass is 365 g/mol. The molecule has 1 aliphatic heterocycles. The van der Waals surface area contributed by atoms with Crippen molar-refractivity contribution in [3.8, 4) is 0 Å². The molecule has 1 saturated heterocycles. The average Bonchev–Trinajstić information content (AvgIpc) is 2.61. The summed E-state index contributed by atoms with van der Waals surface area (Å²) in [6.45, 7) is -0.422. The van der Waals surface area contributed by atoms with E-state index in [2.05, 4.69) is 5.32 Å². The first kappa shape index (κ1) is 20.6. The highest BCUT2D eigenvalue weighted by atomic mass is 16.7. The van der Waals surface area contributed by atoms with Crippen molar-refractivity contribution < 1.29 is 44.8 Å². The molecule has 9 atom stereocenters. The lowest BCUT2D eigenvalue weighted by molar-refractivity contribution is -0.274. The van der Waals surface area contributed by atoms with Gasteiger partial charge in [0.05, 0.1) is 25.3 Å². The molecule has 9 unspecified atom stereocenters. The SMILES string of the molecule is COCC1OC(OC)C(O)C(O)C1NC1C=C(CO)C(O)C(O)C1O. The summed E-state index contributed by atoms with van der Waals surface area (Å²) in [5, 5.41) is 62.6. The first-order chi connectivity index (χ1) is 11.8. The van der Waals surface area contributed by atoms with E-state index in [4.69, 9.17) is 14.2 Å². The fourth-order valence-electron chi connectivity index (χ4n) is 3.20. The molecule has 25 heavy (non-hydrogen) atoms. The molecule has 1 heterocycles. The zero-order chi connectivity index (χ0) is 18.7. The third kappa shape index (κ3) is 4.19. The Morgan fingerprint density at radius 1 is 1.04 bits per heavy atom. The molecule has 7 N–H and O–H groups in total. The maximum atomic E-state index is 10.4. The topological polar surface area (TPSA) is 161 Å². The third-order valence-electron chi connectivity index (χ3n) is 4.65. The van der Waals surface area contributed by atoms with Crippen molar-refractivity contribution in [2.75, 3.05) is 27.4 Å². The fourth-order valence-corrected chi connectivity index (χ4v) is 3.20. The van der Waals surface area contributed by atoms with Crippen LogP contribution in [0, 0.1) is 0 Å². The molecule has 2 rings (SSSR count). The summed E-state index contributed by atoms with van der Waals surface area (Å²) < 4.78 is 15.6. The molecule has 10 heteroatoms. The highest BCUT2D eigenvalue weighted by molar-refractivity contribution is 5.22. The van der Waals surface area contributed by atoms with Gasteiger partial charge in [-0.1, -0.05) is 6.08 Å². The highest BCUT2D eigenvalue weighted by Crippen LogP contribution is 2.25. The van der Waals surface area contributed by atoms with Crippen LogP contribution in [0.1, 0.15) is 0 Å². The second-order valence-corrected chi connectivity index (χ2v) is 6.26. The Morgan fingerprint density at radius 2 is 1.72 bits per heavy atom. The van der Waals surface area contributed by atoms with Crippen LogP contribution in [0.4, 0.5) is 0 Å². The quantitative estimate of drug-likeness (QED) is 0.232. The molecular weight excluding hydrogens is 338 g/mol. The van der Waals surface area contributed by atoms with E-state index in [0.717, 1.165) is 0 Å². The van der Waals surface area contributed by atoms with Gasteiger partial charge in [-0.25, -0.2) is 0 Å². The van der Waals surface area contributed by atoms with Crippen LogP contribution in [0.2, 0.25) is 0 Å². The number of ether oxygens (including phenoxy) is 3. The zero-order valence-electron chi connectivity index (χ0n) is 14.1. The van der Waals surface area contributed by atoms with Crippen LogP contribution in [0.25, 0.3) is 0 Å². The normalized spacial score (nSPS) is 45.3. The first-order valence-corrected chi connectivity index (χ1v) is 8.00. The molecule has 0 amide bonds. The van der Waals surface area contributed by atoms with Crippen molar-refractivity contribution in [3.05, 3.63) is 11.6 Å². The number of rotatable bonds is 6. The Balaban J connectivity index is 2.21. The smallest absolute Gasteiger partial charge is 0.186 e. The fraction of sp³-hybridized carbons (Fsp3) is 0.867. The molecule has 0 bridgehead atoms. The number of aliphatic hydroxyl groups excluding tert-OH is 6. The summed E-state index contributed by atoms with van der Waals surface area (Å²) in [5.74, 6) is 0. The maximum absolute atomic E-state index is 10.4. The van der Waals surface area contributed by atoms with Gasteiger partial charge in [0.15, 0.2) is 6.29 Å². The summed E-state index contributed by atoms with van der Waals surface area (Å²) >= 11 is 0. The second kappa shape index (κ2) is 8.82. The summed E-state index contributed by atoms with van der Waals surface area (Å²) in [7, 11) is 2.77. The van der Waals surface area contributed by atoms with Crippen molar-refractivity contribution in [1.29, 1.82) is 0 Å². The number of nitrogens with one attached hydrogen (secondary N) is 1. The Hall–Kier alpha value is -0.660. The summed E-state index contributed by atoms with van der Waals surface area (Å²) in [6.07, 6.45) is -7.30. The Labute approximate surface area is 145 Å². The van der Waals surface area contributed by atoms with Crippen molar-refractivity contribution >= 4 is 0 Å². The van der Waals surface area contributed by atoms with E-state index >= 15 is 0 Å². The maximum Gasteiger partial charge on any atom is 0.186 e. The van der Waals surface area contributed by atoms with Crippen LogP contribution in [0.5, 0.6) is 0 Å². The van der Waals surface area contributed by atoms with Gasteiger partial charge in [0.25, 0.3) is 0 Å². The van der Waals surface area contributed by atoms with Gasteiger partial charge in [-0.3, -0.25) is 0 Å². The molecule has 0 aromatic rings. The lowest BCUT2D eigenvalue weighted by Crippen LogP contribution is -2.67. The Kier molecular flexibility index (Phi) is 7.29. The van der Waals surface area contributed by atoms with Crippen LogP contribution in [-0.4, -0.2) is 113 Å². The molecule has 2 aliphatic rings. The lowest BCUT2D eigenvalue weighted by Gasteiger charge is -2.45. The van der Waals surface area contributed by atoms with Crippen LogP contribution < -0.4 is 5.32 Å². The predicted molar refractivity (Wildman–Crippen MR) is 83.5 cm³/mol. The Morgan fingerprint density at radius 3 is 2.28 bits per heavy atom. The minimum Gasteiger partial charge on any atom is -0.392 e. The Bertz CT molecular complexity index is 462.